The number of benzene rings is 3. The van der Waals surface area contributed by atoms with Crippen molar-refractivity contribution in [2.45, 2.75) is 24.6 Å². The number of halogens is 1. The first-order chi connectivity index (χ1) is 16.5. The number of aliphatic hydroxyl groups is 1. The van der Waals surface area contributed by atoms with Gasteiger partial charge in [-0.25, -0.2) is 0 Å². The zero-order valence-corrected chi connectivity index (χ0v) is 20.2. The summed E-state index contributed by atoms with van der Waals surface area (Å²) >= 11 is 7.49. The van der Waals surface area contributed by atoms with Gasteiger partial charge in [-0.2, -0.15) is 0 Å². The number of ketones is 1. The number of carbonyl (C=O) groups excluding carboxylic acids is 1. The third-order valence-corrected chi connectivity index (χ3v) is 6.42. The number of thioether (sulfide) groups is 1. The van der Waals surface area contributed by atoms with E-state index in [4.69, 9.17) is 16.3 Å². The molecule has 34 heavy (non-hydrogen) atoms. The van der Waals surface area contributed by atoms with Gasteiger partial charge in [0.05, 0.1) is 6.10 Å². The molecular weight excluding hydrogens is 470 g/mol. The van der Waals surface area contributed by atoms with E-state index in [0.29, 0.717) is 33.7 Å². The van der Waals surface area contributed by atoms with E-state index in [-0.39, 0.29) is 12.4 Å². The molecule has 1 atom stereocenters. The second-order valence-corrected chi connectivity index (χ2v) is 9.15. The molecule has 1 heterocycles. The summed E-state index contributed by atoms with van der Waals surface area (Å²) in [6.45, 7) is 1.64. The standard InChI is InChI=1S/C26H24ClN3O3S/c1-18(31)20-7-13-24(14-8-20)33-16-23(32)17-34-26-29-28-25(15-19-5-3-2-4-6-19)30(26)22-11-9-21(27)10-12-22/h2-14,23,32H,15-17H2,1H3. The van der Waals surface area contributed by atoms with Gasteiger partial charge in [-0.05, 0) is 61.0 Å². The SMILES string of the molecule is CC(=O)c1ccc(OCC(O)CSc2nnc(Cc3ccccc3)n2-c2ccc(Cl)cc2)cc1. The number of ether oxygens (including phenoxy) is 1. The first-order valence-electron chi connectivity index (χ1n) is 10.8. The van der Waals surface area contributed by atoms with E-state index < -0.39 is 6.10 Å². The topological polar surface area (TPSA) is 77.2 Å². The van der Waals surface area contributed by atoms with E-state index in [1.54, 1.807) is 24.3 Å². The van der Waals surface area contributed by atoms with E-state index in [1.165, 1.54) is 18.7 Å². The Kier molecular flexibility index (Phi) is 8.00. The van der Waals surface area contributed by atoms with Gasteiger partial charge < -0.3 is 9.84 Å². The number of hydrogen-bond acceptors (Lipinski definition) is 6. The largest absolute Gasteiger partial charge is 0.491 e. The maximum Gasteiger partial charge on any atom is 0.195 e. The summed E-state index contributed by atoms with van der Waals surface area (Å²) in [7, 11) is 0. The minimum absolute atomic E-state index is 0.000540. The molecule has 0 saturated carbocycles. The molecule has 4 aromatic rings. The quantitative estimate of drug-likeness (QED) is 0.240. The molecule has 0 aliphatic rings. The average molecular weight is 494 g/mol. The van der Waals surface area contributed by atoms with Gasteiger partial charge in [-0.15, -0.1) is 10.2 Å². The highest BCUT2D eigenvalue weighted by Gasteiger charge is 2.17. The molecule has 0 saturated heterocycles. The van der Waals surface area contributed by atoms with Crippen molar-refractivity contribution >= 4 is 29.1 Å². The minimum Gasteiger partial charge on any atom is -0.491 e. The molecule has 8 heteroatoms. The third kappa shape index (κ3) is 6.26. The highest BCUT2D eigenvalue weighted by molar-refractivity contribution is 7.99. The zero-order chi connectivity index (χ0) is 23.9. The van der Waals surface area contributed by atoms with E-state index in [2.05, 4.69) is 22.3 Å². The Labute approximate surface area is 207 Å². The number of rotatable bonds is 10. The van der Waals surface area contributed by atoms with Crippen LogP contribution in [0.1, 0.15) is 28.7 Å². The summed E-state index contributed by atoms with van der Waals surface area (Å²) < 4.78 is 7.66. The second-order valence-electron chi connectivity index (χ2n) is 7.73. The maximum atomic E-state index is 11.4. The molecule has 0 fully saturated rings. The highest BCUT2D eigenvalue weighted by Crippen LogP contribution is 2.25. The van der Waals surface area contributed by atoms with Crippen molar-refractivity contribution in [1.29, 1.82) is 0 Å². The van der Waals surface area contributed by atoms with Gasteiger partial charge in [0.15, 0.2) is 10.9 Å². The van der Waals surface area contributed by atoms with Gasteiger partial charge >= 0.3 is 0 Å². The number of hydrogen-bond donors (Lipinski definition) is 1. The fourth-order valence-corrected chi connectivity index (χ4v) is 4.34. The predicted octanol–water partition coefficient (Wildman–Crippen LogP) is 5.25. The molecule has 0 amide bonds. The van der Waals surface area contributed by atoms with Gasteiger partial charge in [0.2, 0.25) is 0 Å². The summed E-state index contributed by atoms with van der Waals surface area (Å²) in [4.78, 5) is 11.4. The molecule has 1 N–H and O–H groups in total. The fraction of sp³-hybridized carbons (Fsp3) is 0.192. The molecule has 0 aliphatic carbocycles. The third-order valence-electron chi connectivity index (χ3n) is 5.10. The molecule has 3 aromatic carbocycles. The number of aromatic nitrogens is 3. The number of aliphatic hydroxyl groups excluding tert-OH is 1. The number of carbonyl (C=O) groups is 1. The number of Topliss-reactive ketones (excluding diaryl/α,β-unsaturated/α-hetero) is 1. The summed E-state index contributed by atoms with van der Waals surface area (Å²) in [5, 5.41) is 20.6. The average Bonchev–Trinajstić information content (AvgIpc) is 3.25. The van der Waals surface area contributed by atoms with Crippen molar-refractivity contribution in [2.24, 2.45) is 0 Å². The van der Waals surface area contributed by atoms with Crippen LogP contribution in [0.4, 0.5) is 0 Å². The van der Waals surface area contributed by atoms with Crippen LogP contribution in [0.2, 0.25) is 5.02 Å². The van der Waals surface area contributed by atoms with Crippen LogP contribution >= 0.6 is 23.4 Å². The monoisotopic (exact) mass is 493 g/mol. The van der Waals surface area contributed by atoms with Crippen LogP contribution < -0.4 is 4.74 Å². The van der Waals surface area contributed by atoms with Crippen LogP contribution in [-0.4, -0.2) is 44.1 Å². The summed E-state index contributed by atoms with van der Waals surface area (Å²) in [5.74, 6) is 1.78. The summed E-state index contributed by atoms with van der Waals surface area (Å²) in [5.41, 5.74) is 2.65. The molecule has 0 bridgehead atoms. The highest BCUT2D eigenvalue weighted by atomic mass is 35.5. The predicted molar refractivity (Wildman–Crippen MR) is 134 cm³/mol. The normalized spacial score (nSPS) is 11.9. The lowest BCUT2D eigenvalue weighted by atomic mass is 10.1. The Morgan fingerprint density at radius 3 is 2.41 bits per heavy atom. The number of nitrogens with zero attached hydrogens (tertiary/aromatic N) is 3. The Bertz CT molecular complexity index is 1230. The van der Waals surface area contributed by atoms with Crippen LogP contribution in [0.3, 0.4) is 0 Å². The van der Waals surface area contributed by atoms with E-state index >= 15 is 0 Å². The van der Waals surface area contributed by atoms with Gasteiger partial charge in [0.1, 0.15) is 18.2 Å². The smallest absolute Gasteiger partial charge is 0.195 e. The molecular formula is C26H24ClN3O3S. The fourth-order valence-electron chi connectivity index (χ4n) is 3.33. The molecule has 0 radical (unpaired) electrons. The van der Waals surface area contributed by atoms with Gasteiger partial charge in [0.25, 0.3) is 0 Å². The lowest BCUT2D eigenvalue weighted by Gasteiger charge is -2.14. The van der Waals surface area contributed by atoms with Crippen molar-refractivity contribution < 1.29 is 14.6 Å². The summed E-state index contributed by atoms with van der Waals surface area (Å²) in [6, 6.07) is 24.5. The molecule has 174 valence electrons. The van der Waals surface area contributed by atoms with E-state index in [1.807, 2.05) is 47.0 Å². The molecule has 4 rings (SSSR count). The van der Waals surface area contributed by atoms with Gasteiger partial charge in [-0.3, -0.25) is 9.36 Å². The molecule has 6 nitrogen and oxygen atoms in total. The van der Waals surface area contributed by atoms with Crippen LogP contribution in [-0.2, 0) is 6.42 Å². The van der Waals surface area contributed by atoms with E-state index in [9.17, 15) is 9.90 Å². The minimum atomic E-state index is -0.717. The van der Waals surface area contributed by atoms with Crippen molar-refractivity contribution in [3.05, 3.63) is 101 Å². The van der Waals surface area contributed by atoms with Crippen molar-refractivity contribution in [2.75, 3.05) is 12.4 Å². The maximum absolute atomic E-state index is 11.4. The lowest BCUT2D eigenvalue weighted by molar-refractivity contribution is 0.101. The Morgan fingerprint density at radius 2 is 1.74 bits per heavy atom. The van der Waals surface area contributed by atoms with Crippen LogP contribution in [0.15, 0.2) is 84.0 Å². The van der Waals surface area contributed by atoms with Crippen molar-refractivity contribution in [3.8, 4) is 11.4 Å². The van der Waals surface area contributed by atoms with Gasteiger partial charge in [0, 0.05) is 28.4 Å². The molecule has 1 unspecified atom stereocenters. The van der Waals surface area contributed by atoms with Crippen LogP contribution in [0.5, 0.6) is 5.75 Å². The van der Waals surface area contributed by atoms with E-state index in [0.717, 1.165) is 17.1 Å². The molecule has 0 spiro atoms. The van der Waals surface area contributed by atoms with Crippen molar-refractivity contribution in [3.63, 3.8) is 0 Å². The summed E-state index contributed by atoms with van der Waals surface area (Å²) in [6.07, 6.45) is -0.0932. The lowest BCUT2D eigenvalue weighted by Crippen LogP contribution is -2.20. The van der Waals surface area contributed by atoms with Crippen LogP contribution in [0, 0.1) is 0 Å². The molecule has 1 aromatic heterocycles. The first kappa shape index (κ1) is 24.0. The second kappa shape index (κ2) is 11.3. The molecule has 0 aliphatic heterocycles. The van der Waals surface area contributed by atoms with Crippen LogP contribution in [0.25, 0.3) is 5.69 Å². The Hall–Kier alpha value is -3.13. The van der Waals surface area contributed by atoms with Gasteiger partial charge in [-0.1, -0.05) is 53.7 Å². The Balaban J connectivity index is 1.44. The Morgan fingerprint density at radius 1 is 1.03 bits per heavy atom. The van der Waals surface area contributed by atoms with Crippen molar-refractivity contribution in [1.82, 2.24) is 14.8 Å². The zero-order valence-electron chi connectivity index (χ0n) is 18.6. The first-order valence-corrected chi connectivity index (χ1v) is 12.1.